The highest BCUT2D eigenvalue weighted by Gasteiger charge is 2.03. The first-order valence-corrected chi connectivity index (χ1v) is 5.68. The molecule has 0 aliphatic carbocycles. The molecule has 0 fully saturated rings. The maximum Gasteiger partial charge on any atom is 0.323 e. The van der Waals surface area contributed by atoms with Crippen LogP contribution in [-0.2, 0) is 0 Å². The molecule has 1 aromatic heterocycles. The van der Waals surface area contributed by atoms with Crippen LogP contribution in [0.5, 0.6) is 6.01 Å². The van der Waals surface area contributed by atoms with Gasteiger partial charge in [-0.3, -0.25) is 0 Å². The minimum absolute atomic E-state index is 0.254. The maximum absolute atomic E-state index is 11.7. The van der Waals surface area contributed by atoms with Crippen LogP contribution in [-0.4, -0.2) is 23.1 Å². The summed E-state index contributed by atoms with van der Waals surface area (Å²) in [5, 5.41) is 5.34. The Balaban J connectivity index is 1.95. The second-order valence-corrected chi connectivity index (χ2v) is 3.90. The largest absolute Gasteiger partial charge is 0.467 e. The smallest absolute Gasteiger partial charge is 0.323 e. The van der Waals surface area contributed by atoms with Gasteiger partial charge in [0.05, 0.1) is 25.2 Å². The van der Waals surface area contributed by atoms with Gasteiger partial charge in [-0.2, -0.15) is 0 Å². The number of ether oxygens (including phenoxy) is 1. The van der Waals surface area contributed by atoms with Crippen molar-refractivity contribution in [1.29, 1.82) is 0 Å². The van der Waals surface area contributed by atoms with E-state index in [1.165, 1.54) is 19.5 Å². The van der Waals surface area contributed by atoms with Crippen molar-refractivity contribution < 1.29 is 9.53 Å². The highest BCUT2D eigenvalue weighted by Crippen LogP contribution is 2.10. The van der Waals surface area contributed by atoms with E-state index in [1.807, 2.05) is 31.2 Å². The van der Waals surface area contributed by atoms with Gasteiger partial charge in [-0.15, -0.1) is 0 Å². The molecule has 0 aliphatic rings. The van der Waals surface area contributed by atoms with Gasteiger partial charge in [-0.05, 0) is 19.1 Å². The molecule has 0 saturated carbocycles. The molecule has 0 saturated heterocycles. The molecule has 19 heavy (non-hydrogen) atoms. The van der Waals surface area contributed by atoms with E-state index in [1.54, 1.807) is 0 Å². The summed E-state index contributed by atoms with van der Waals surface area (Å²) in [5.74, 6) is 0. The summed E-state index contributed by atoms with van der Waals surface area (Å²) in [5.41, 5.74) is 2.34. The first-order chi connectivity index (χ1) is 9.17. The van der Waals surface area contributed by atoms with Gasteiger partial charge in [0, 0.05) is 5.69 Å². The Morgan fingerprint density at radius 3 is 2.21 bits per heavy atom. The molecule has 2 amide bonds. The van der Waals surface area contributed by atoms with Crippen LogP contribution in [0.15, 0.2) is 36.7 Å². The number of methoxy groups -OCH3 is 1. The predicted molar refractivity (Wildman–Crippen MR) is 72.4 cm³/mol. The van der Waals surface area contributed by atoms with E-state index in [9.17, 15) is 4.79 Å². The monoisotopic (exact) mass is 258 g/mol. The SMILES string of the molecule is COc1ncc(NC(=O)Nc2ccc(C)cc2)cn1. The molecule has 2 aromatic rings. The number of carbonyl (C=O) groups is 1. The Morgan fingerprint density at radius 2 is 1.63 bits per heavy atom. The molecular formula is C13H14N4O2. The van der Waals surface area contributed by atoms with Gasteiger partial charge < -0.3 is 15.4 Å². The van der Waals surface area contributed by atoms with Gasteiger partial charge in [0.25, 0.3) is 0 Å². The molecule has 0 spiro atoms. The molecular weight excluding hydrogens is 244 g/mol. The van der Waals surface area contributed by atoms with Crippen molar-refractivity contribution >= 4 is 17.4 Å². The fourth-order valence-corrected chi connectivity index (χ4v) is 1.42. The number of urea groups is 1. The standard InChI is InChI=1S/C13H14N4O2/c1-9-3-5-10(6-4-9)16-12(18)17-11-7-14-13(19-2)15-8-11/h3-8H,1-2H3,(H2,16,17,18). The average Bonchev–Trinajstić information content (AvgIpc) is 2.42. The average molecular weight is 258 g/mol. The fourth-order valence-electron chi connectivity index (χ4n) is 1.42. The van der Waals surface area contributed by atoms with E-state index in [0.29, 0.717) is 5.69 Å². The second kappa shape index (κ2) is 5.81. The van der Waals surface area contributed by atoms with Crippen LogP contribution >= 0.6 is 0 Å². The van der Waals surface area contributed by atoms with Crippen molar-refractivity contribution in [1.82, 2.24) is 9.97 Å². The Morgan fingerprint density at radius 1 is 1.05 bits per heavy atom. The number of rotatable bonds is 3. The number of carbonyl (C=O) groups excluding carboxylic acids is 1. The number of hydrogen-bond donors (Lipinski definition) is 2. The highest BCUT2D eigenvalue weighted by molar-refractivity contribution is 5.99. The third kappa shape index (κ3) is 3.67. The van der Waals surface area contributed by atoms with Crippen molar-refractivity contribution in [2.75, 3.05) is 17.7 Å². The van der Waals surface area contributed by atoms with E-state index in [2.05, 4.69) is 20.6 Å². The van der Waals surface area contributed by atoms with Crippen LogP contribution in [0.1, 0.15) is 5.56 Å². The topological polar surface area (TPSA) is 76.1 Å². The van der Waals surface area contributed by atoms with Crippen LogP contribution in [0.2, 0.25) is 0 Å². The normalized spacial score (nSPS) is 9.79. The van der Waals surface area contributed by atoms with Crippen molar-refractivity contribution in [2.45, 2.75) is 6.92 Å². The second-order valence-electron chi connectivity index (χ2n) is 3.90. The number of amides is 2. The van der Waals surface area contributed by atoms with Gasteiger partial charge >= 0.3 is 12.0 Å². The third-order valence-corrected chi connectivity index (χ3v) is 2.38. The van der Waals surface area contributed by atoms with Gasteiger partial charge in [-0.1, -0.05) is 17.7 Å². The van der Waals surface area contributed by atoms with E-state index < -0.39 is 0 Å². The zero-order valence-corrected chi connectivity index (χ0v) is 10.7. The first-order valence-electron chi connectivity index (χ1n) is 5.68. The lowest BCUT2D eigenvalue weighted by Gasteiger charge is -2.07. The van der Waals surface area contributed by atoms with E-state index in [4.69, 9.17) is 4.74 Å². The lowest BCUT2D eigenvalue weighted by atomic mass is 10.2. The summed E-state index contributed by atoms with van der Waals surface area (Å²) in [4.78, 5) is 19.5. The van der Waals surface area contributed by atoms with Gasteiger partial charge in [-0.25, -0.2) is 14.8 Å². The van der Waals surface area contributed by atoms with Crippen LogP contribution in [0.25, 0.3) is 0 Å². The van der Waals surface area contributed by atoms with Crippen LogP contribution in [0, 0.1) is 6.92 Å². The number of nitrogens with zero attached hydrogens (tertiary/aromatic N) is 2. The van der Waals surface area contributed by atoms with E-state index >= 15 is 0 Å². The molecule has 1 heterocycles. The molecule has 0 bridgehead atoms. The van der Waals surface area contributed by atoms with E-state index in [0.717, 1.165) is 11.3 Å². The zero-order valence-electron chi connectivity index (χ0n) is 10.7. The van der Waals surface area contributed by atoms with Crippen molar-refractivity contribution in [3.05, 3.63) is 42.2 Å². The number of nitrogens with one attached hydrogen (secondary N) is 2. The Labute approximate surface area is 110 Å². The van der Waals surface area contributed by atoms with Crippen molar-refractivity contribution in [3.8, 4) is 6.01 Å². The number of aryl methyl sites for hydroxylation is 1. The molecule has 2 N–H and O–H groups in total. The quantitative estimate of drug-likeness (QED) is 0.886. The highest BCUT2D eigenvalue weighted by atomic mass is 16.5. The molecule has 0 atom stereocenters. The van der Waals surface area contributed by atoms with Gasteiger partial charge in [0.15, 0.2) is 0 Å². The van der Waals surface area contributed by atoms with Gasteiger partial charge in [0.2, 0.25) is 0 Å². The lowest BCUT2D eigenvalue weighted by molar-refractivity contribution is 0.262. The third-order valence-electron chi connectivity index (χ3n) is 2.38. The molecule has 1 aromatic carbocycles. The fraction of sp³-hybridized carbons (Fsp3) is 0.154. The van der Waals surface area contributed by atoms with Crippen LogP contribution < -0.4 is 15.4 Å². The summed E-state index contributed by atoms with van der Waals surface area (Å²) < 4.78 is 4.83. The Bertz CT molecular complexity index is 552. The molecule has 6 heteroatoms. The van der Waals surface area contributed by atoms with Crippen LogP contribution in [0.4, 0.5) is 16.2 Å². The first kappa shape index (κ1) is 12.8. The minimum Gasteiger partial charge on any atom is -0.467 e. The van der Waals surface area contributed by atoms with Gasteiger partial charge in [0.1, 0.15) is 0 Å². The number of aromatic nitrogens is 2. The number of anilines is 2. The number of hydrogen-bond acceptors (Lipinski definition) is 4. The molecule has 2 rings (SSSR count). The number of benzene rings is 1. The lowest BCUT2D eigenvalue weighted by Crippen LogP contribution is -2.19. The molecule has 0 aliphatic heterocycles. The zero-order chi connectivity index (χ0) is 13.7. The minimum atomic E-state index is -0.349. The molecule has 6 nitrogen and oxygen atoms in total. The van der Waals surface area contributed by atoms with Crippen molar-refractivity contribution in [2.24, 2.45) is 0 Å². The summed E-state index contributed by atoms with van der Waals surface area (Å²) in [6, 6.07) is 7.42. The predicted octanol–water partition coefficient (Wildman–Crippen LogP) is 2.44. The summed E-state index contributed by atoms with van der Waals surface area (Å²) in [6.45, 7) is 1.98. The Kier molecular flexibility index (Phi) is 3.92. The molecule has 0 unspecified atom stereocenters. The molecule has 98 valence electrons. The maximum atomic E-state index is 11.7. The van der Waals surface area contributed by atoms with Crippen molar-refractivity contribution in [3.63, 3.8) is 0 Å². The summed E-state index contributed by atoms with van der Waals surface area (Å²) >= 11 is 0. The Hall–Kier alpha value is -2.63. The van der Waals surface area contributed by atoms with E-state index in [-0.39, 0.29) is 12.0 Å². The molecule has 0 radical (unpaired) electrons. The summed E-state index contributed by atoms with van der Waals surface area (Å²) in [6.07, 6.45) is 2.95. The van der Waals surface area contributed by atoms with Crippen LogP contribution in [0.3, 0.4) is 0 Å². The summed E-state index contributed by atoms with van der Waals surface area (Å²) in [7, 11) is 1.48.